The maximum atomic E-state index is 12.9. The molecule has 0 aromatic rings. The number of alkyl carbamates (subject to hydrolysis) is 1. The van der Waals surface area contributed by atoms with Gasteiger partial charge in [-0.2, -0.15) is 0 Å². The van der Waals surface area contributed by atoms with Crippen molar-refractivity contribution in [2.24, 2.45) is 0 Å². The number of carbonyl (C=O) groups excluding carboxylic acids is 3. The summed E-state index contributed by atoms with van der Waals surface area (Å²) in [6.07, 6.45) is 1.52. The molecule has 0 aliphatic carbocycles. The molecule has 27 heavy (non-hydrogen) atoms. The summed E-state index contributed by atoms with van der Waals surface area (Å²) in [4.78, 5) is 51.7. The van der Waals surface area contributed by atoms with Gasteiger partial charge in [-0.3, -0.25) is 9.59 Å². The van der Waals surface area contributed by atoms with Crippen LogP contribution in [-0.2, 0) is 19.1 Å². The number of nitrogens with one attached hydrogen (secondary N) is 1. The molecule has 0 aromatic heterocycles. The van der Waals surface area contributed by atoms with Gasteiger partial charge in [0.25, 0.3) is 0 Å². The molecule has 2 aliphatic heterocycles. The monoisotopic (exact) mass is 383 g/mol. The zero-order valence-electron chi connectivity index (χ0n) is 16.4. The number of carboxylic acid groups (broad SMARTS) is 1. The number of hydrogen-bond donors (Lipinski definition) is 2. The number of nitrogens with zero attached hydrogens (tertiary/aromatic N) is 2. The summed E-state index contributed by atoms with van der Waals surface area (Å²) in [5.74, 6) is -1.71. The summed E-state index contributed by atoms with van der Waals surface area (Å²) >= 11 is 0. The molecule has 2 heterocycles. The Morgan fingerprint density at radius 3 is 2.15 bits per heavy atom. The van der Waals surface area contributed by atoms with Crippen LogP contribution in [0.2, 0.25) is 0 Å². The quantitative estimate of drug-likeness (QED) is 0.747. The number of likely N-dealkylation sites (tertiary alicyclic amines) is 2. The van der Waals surface area contributed by atoms with E-state index in [1.165, 1.54) is 9.80 Å². The summed E-state index contributed by atoms with van der Waals surface area (Å²) < 4.78 is 5.16. The van der Waals surface area contributed by atoms with E-state index in [0.717, 1.165) is 0 Å². The van der Waals surface area contributed by atoms with Crippen molar-refractivity contribution in [3.05, 3.63) is 0 Å². The first-order valence-corrected chi connectivity index (χ1v) is 9.34. The zero-order chi connectivity index (χ0) is 20.4. The Morgan fingerprint density at radius 1 is 1.04 bits per heavy atom. The van der Waals surface area contributed by atoms with Crippen LogP contribution in [-0.4, -0.2) is 75.6 Å². The van der Waals surface area contributed by atoms with Crippen LogP contribution < -0.4 is 5.32 Å². The van der Waals surface area contributed by atoms with Crippen LogP contribution in [0, 0.1) is 0 Å². The van der Waals surface area contributed by atoms with Gasteiger partial charge in [0.1, 0.15) is 23.7 Å². The van der Waals surface area contributed by atoms with Gasteiger partial charge < -0.3 is 25.0 Å². The van der Waals surface area contributed by atoms with Crippen LogP contribution in [0.1, 0.15) is 53.4 Å². The van der Waals surface area contributed by atoms with E-state index in [0.29, 0.717) is 38.8 Å². The lowest BCUT2D eigenvalue weighted by molar-refractivity contribution is -0.152. The van der Waals surface area contributed by atoms with E-state index >= 15 is 0 Å². The van der Waals surface area contributed by atoms with E-state index in [9.17, 15) is 24.3 Å². The van der Waals surface area contributed by atoms with Crippen LogP contribution in [0.3, 0.4) is 0 Å². The summed E-state index contributed by atoms with van der Waals surface area (Å²) in [7, 11) is 0. The molecule has 9 nitrogen and oxygen atoms in total. The minimum absolute atomic E-state index is 0.324. The van der Waals surface area contributed by atoms with Crippen LogP contribution in [0.25, 0.3) is 0 Å². The highest BCUT2D eigenvalue weighted by Gasteiger charge is 2.43. The summed E-state index contributed by atoms with van der Waals surface area (Å²) in [6.45, 7) is 7.51. The van der Waals surface area contributed by atoms with Crippen molar-refractivity contribution in [2.75, 3.05) is 13.1 Å². The largest absolute Gasteiger partial charge is 0.480 e. The van der Waals surface area contributed by atoms with Gasteiger partial charge in [-0.25, -0.2) is 9.59 Å². The molecule has 2 rings (SSSR count). The number of carboxylic acids is 1. The molecule has 0 aromatic carbocycles. The van der Waals surface area contributed by atoms with Gasteiger partial charge in [0.2, 0.25) is 11.8 Å². The lowest BCUT2D eigenvalue weighted by Gasteiger charge is -2.31. The fourth-order valence-electron chi connectivity index (χ4n) is 3.56. The van der Waals surface area contributed by atoms with Gasteiger partial charge in [-0.15, -0.1) is 0 Å². The van der Waals surface area contributed by atoms with E-state index < -0.39 is 35.8 Å². The molecule has 2 aliphatic rings. The third-order valence-corrected chi connectivity index (χ3v) is 4.75. The smallest absolute Gasteiger partial charge is 0.408 e. The van der Waals surface area contributed by atoms with Crippen LogP contribution in [0.4, 0.5) is 4.79 Å². The van der Waals surface area contributed by atoms with Crippen LogP contribution in [0.15, 0.2) is 0 Å². The molecule has 0 unspecified atom stereocenters. The second-order valence-corrected chi connectivity index (χ2v) is 8.09. The first-order chi connectivity index (χ1) is 12.5. The molecular weight excluding hydrogens is 354 g/mol. The molecule has 0 spiro atoms. The van der Waals surface area contributed by atoms with E-state index in [1.54, 1.807) is 27.7 Å². The first-order valence-electron chi connectivity index (χ1n) is 9.34. The predicted octanol–water partition coefficient (Wildman–Crippen LogP) is 0.966. The predicted molar refractivity (Wildman–Crippen MR) is 95.9 cm³/mol. The normalized spacial score (nSPS) is 23.9. The molecule has 3 amide bonds. The number of carbonyl (C=O) groups is 4. The lowest BCUT2D eigenvalue weighted by Crippen LogP contribution is -2.55. The third kappa shape index (κ3) is 5.11. The van der Waals surface area contributed by atoms with Gasteiger partial charge in [0, 0.05) is 13.1 Å². The molecule has 0 bridgehead atoms. The molecule has 2 N–H and O–H groups in total. The molecular formula is C18H29N3O6. The van der Waals surface area contributed by atoms with E-state index in [-0.39, 0.29) is 11.8 Å². The Hall–Kier alpha value is -2.32. The van der Waals surface area contributed by atoms with Gasteiger partial charge in [-0.05, 0) is 53.4 Å². The number of aliphatic carboxylic acids is 1. The standard InChI is InChI=1S/C18H29N3O6/c1-11(19-17(26)27-18(2,3)4)14(22)20-9-5-7-12(20)15(23)21-10-6-8-13(21)16(24)25/h11-13H,5-10H2,1-4H3,(H,19,26)(H,24,25)/t11-,12-,13-/m0/s1. The Labute approximate surface area is 159 Å². The second kappa shape index (κ2) is 8.14. The molecule has 0 radical (unpaired) electrons. The van der Waals surface area contributed by atoms with E-state index in [4.69, 9.17) is 4.74 Å². The summed E-state index contributed by atoms with van der Waals surface area (Å²) in [6, 6.07) is -2.35. The number of ether oxygens (including phenoxy) is 1. The maximum Gasteiger partial charge on any atom is 0.408 e. The van der Waals surface area contributed by atoms with Crippen LogP contribution in [0.5, 0.6) is 0 Å². The highest BCUT2D eigenvalue weighted by atomic mass is 16.6. The van der Waals surface area contributed by atoms with Gasteiger partial charge >= 0.3 is 12.1 Å². The topological polar surface area (TPSA) is 116 Å². The van der Waals surface area contributed by atoms with Crippen molar-refractivity contribution in [3.8, 4) is 0 Å². The van der Waals surface area contributed by atoms with Gasteiger partial charge in [0.15, 0.2) is 0 Å². The number of rotatable bonds is 4. The van der Waals surface area contributed by atoms with Crippen molar-refractivity contribution in [1.82, 2.24) is 15.1 Å². The van der Waals surface area contributed by atoms with Crippen molar-refractivity contribution in [1.29, 1.82) is 0 Å². The van der Waals surface area contributed by atoms with E-state index in [2.05, 4.69) is 5.32 Å². The fraction of sp³-hybridized carbons (Fsp3) is 0.778. The molecule has 0 saturated carbocycles. The average molecular weight is 383 g/mol. The summed E-state index contributed by atoms with van der Waals surface area (Å²) in [5.41, 5.74) is -0.680. The molecule has 152 valence electrons. The Kier molecular flexibility index (Phi) is 6.33. The molecule has 2 saturated heterocycles. The van der Waals surface area contributed by atoms with Crippen molar-refractivity contribution in [3.63, 3.8) is 0 Å². The zero-order valence-corrected chi connectivity index (χ0v) is 16.4. The highest BCUT2D eigenvalue weighted by Crippen LogP contribution is 2.25. The maximum absolute atomic E-state index is 12.9. The molecule has 3 atom stereocenters. The van der Waals surface area contributed by atoms with Crippen LogP contribution >= 0.6 is 0 Å². The number of hydrogen-bond acceptors (Lipinski definition) is 5. The van der Waals surface area contributed by atoms with Gasteiger partial charge in [-0.1, -0.05) is 0 Å². The number of amides is 3. The van der Waals surface area contributed by atoms with Crippen molar-refractivity contribution >= 4 is 23.9 Å². The SMILES string of the molecule is C[C@H](NC(=O)OC(C)(C)C)C(=O)N1CCC[C@H]1C(=O)N1CCC[C@H]1C(=O)O. The Balaban J connectivity index is 2.02. The summed E-state index contributed by atoms with van der Waals surface area (Å²) in [5, 5.41) is 11.8. The third-order valence-electron chi connectivity index (χ3n) is 4.75. The minimum atomic E-state index is -1.02. The minimum Gasteiger partial charge on any atom is -0.480 e. The second-order valence-electron chi connectivity index (χ2n) is 8.09. The van der Waals surface area contributed by atoms with Crippen molar-refractivity contribution in [2.45, 2.75) is 77.1 Å². The Morgan fingerprint density at radius 2 is 1.59 bits per heavy atom. The fourth-order valence-corrected chi connectivity index (χ4v) is 3.56. The van der Waals surface area contributed by atoms with E-state index in [1.807, 2.05) is 0 Å². The molecule has 2 fully saturated rings. The first kappa shape index (κ1) is 21.0. The molecule has 9 heteroatoms. The average Bonchev–Trinajstić information content (AvgIpc) is 3.20. The highest BCUT2D eigenvalue weighted by molar-refractivity contribution is 5.93. The lowest BCUT2D eigenvalue weighted by atomic mass is 10.1. The Bertz CT molecular complexity index is 615. The van der Waals surface area contributed by atoms with Gasteiger partial charge in [0.05, 0.1) is 0 Å². The van der Waals surface area contributed by atoms with Crippen molar-refractivity contribution < 1.29 is 29.0 Å².